The van der Waals surface area contributed by atoms with Crippen LogP contribution in [-0.4, -0.2) is 17.5 Å². The summed E-state index contributed by atoms with van der Waals surface area (Å²) >= 11 is 5.33. The summed E-state index contributed by atoms with van der Waals surface area (Å²) in [7, 11) is 0. The first-order valence-corrected chi connectivity index (χ1v) is 7.80. The van der Waals surface area contributed by atoms with Crippen LogP contribution < -0.4 is 5.32 Å². The summed E-state index contributed by atoms with van der Waals surface area (Å²) in [6.07, 6.45) is 5.85. The highest BCUT2D eigenvalue weighted by atomic mass is 79.9. The molecule has 17 heavy (non-hydrogen) atoms. The first-order chi connectivity index (χ1) is 8.22. The Morgan fingerprint density at radius 2 is 2.29 bits per heavy atom. The molecule has 0 spiro atoms. The molecule has 90 valence electrons. The van der Waals surface area contributed by atoms with Crippen molar-refractivity contribution in [3.8, 4) is 6.07 Å². The van der Waals surface area contributed by atoms with E-state index in [9.17, 15) is 0 Å². The monoisotopic (exact) mass is 310 g/mol. The van der Waals surface area contributed by atoms with E-state index in [4.69, 9.17) is 5.26 Å². The first kappa shape index (κ1) is 12.8. The lowest BCUT2D eigenvalue weighted by atomic mass is 10.1. The van der Waals surface area contributed by atoms with Gasteiger partial charge in [-0.05, 0) is 43.7 Å². The molecule has 0 saturated heterocycles. The van der Waals surface area contributed by atoms with Gasteiger partial charge in [0.1, 0.15) is 6.07 Å². The van der Waals surface area contributed by atoms with Crippen LogP contribution in [0.5, 0.6) is 0 Å². The van der Waals surface area contributed by atoms with Crippen LogP contribution in [0.1, 0.15) is 24.8 Å². The lowest BCUT2D eigenvalue weighted by molar-refractivity contribution is 0.757. The van der Waals surface area contributed by atoms with Gasteiger partial charge in [-0.3, -0.25) is 0 Å². The number of rotatable bonds is 3. The summed E-state index contributed by atoms with van der Waals surface area (Å²) < 4.78 is 0.952. The zero-order chi connectivity index (χ0) is 12.3. The summed E-state index contributed by atoms with van der Waals surface area (Å²) in [6, 6.07) is 8.57. The van der Waals surface area contributed by atoms with Gasteiger partial charge in [-0.15, -0.1) is 0 Å². The van der Waals surface area contributed by atoms with Crippen LogP contribution in [0.4, 0.5) is 5.69 Å². The van der Waals surface area contributed by atoms with Crippen molar-refractivity contribution in [2.24, 2.45) is 0 Å². The molecule has 1 N–H and O–H groups in total. The number of benzene rings is 1. The first-order valence-electron chi connectivity index (χ1n) is 5.72. The molecule has 0 heterocycles. The third kappa shape index (κ3) is 3.17. The molecule has 2 nitrogen and oxygen atoms in total. The highest BCUT2D eigenvalue weighted by molar-refractivity contribution is 9.10. The van der Waals surface area contributed by atoms with E-state index >= 15 is 0 Å². The summed E-state index contributed by atoms with van der Waals surface area (Å²) in [5.74, 6) is 0. The molecule has 1 aromatic rings. The average molecular weight is 311 g/mol. The van der Waals surface area contributed by atoms with Crippen LogP contribution in [0.15, 0.2) is 22.7 Å². The second kappa shape index (κ2) is 5.79. The lowest BCUT2D eigenvalue weighted by Crippen LogP contribution is -2.16. The van der Waals surface area contributed by atoms with E-state index < -0.39 is 0 Å². The Labute approximate surface area is 115 Å². The van der Waals surface area contributed by atoms with Crippen molar-refractivity contribution < 1.29 is 0 Å². The molecule has 1 saturated carbocycles. The van der Waals surface area contributed by atoms with E-state index in [0.717, 1.165) is 15.4 Å². The Morgan fingerprint density at radius 3 is 2.94 bits per heavy atom. The van der Waals surface area contributed by atoms with Gasteiger partial charge >= 0.3 is 0 Å². The number of hydrogen-bond donors (Lipinski definition) is 1. The third-order valence-corrected chi connectivity index (χ3v) is 4.77. The van der Waals surface area contributed by atoms with E-state index in [2.05, 4.69) is 33.6 Å². The van der Waals surface area contributed by atoms with Crippen LogP contribution in [-0.2, 0) is 0 Å². The minimum absolute atomic E-state index is 0.515. The molecule has 1 aromatic carbocycles. The zero-order valence-electron chi connectivity index (χ0n) is 9.74. The standard InChI is InChI=1S/C13H15BrN2S/c1-17-12-4-3-11(7-12)16-13-5-2-10(14)6-9(13)8-15/h2,5-6,11-12,16H,3-4,7H2,1H3. The number of nitrogens with one attached hydrogen (secondary N) is 1. The maximum atomic E-state index is 9.10. The smallest absolute Gasteiger partial charge is 0.101 e. The minimum Gasteiger partial charge on any atom is -0.381 e. The van der Waals surface area contributed by atoms with Crippen molar-refractivity contribution in [1.82, 2.24) is 0 Å². The van der Waals surface area contributed by atoms with Crippen LogP contribution in [0.2, 0.25) is 0 Å². The maximum absolute atomic E-state index is 9.10. The predicted octanol–water partition coefficient (Wildman–Crippen LogP) is 4.02. The highest BCUT2D eigenvalue weighted by Gasteiger charge is 2.24. The molecule has 2 atom stereocenters. The highest BCUT2D eigenvalue weighted by Crippen LogP contribution is 2.31. The van der Waals surface area contributed by atoms with Gasteiger partial charge in [0.2, 0.25) is 0 Å². The van der Waals surface area contributed by atoms with Crippen molar-refractivity contribution in [3.05, 3.63) is 28.2 Å². The molecular formula is C13H15BrN2S. The number of nitriles is 1. The van der Waals surface area contributed by atoms with Crippen LogP contribution >= 0.6 is 27.7 Å². The SMILES string of the molecule is CSC1CCC(Nc2ccc(Br)cc2C#N)C1. The van der Waals surface area contributed by atoms with E-state index in [1.54, 1.807) is 0 Å². The fourth-order valence-electron chi connectivity index (χ4n) is 2.24. The minimum atomic E-state index is 0.515. The molecule has 0 aromatic heterocycles. The fourth-order valence-corrected chi connectivity index (χ4v) is 3.40. The second-order valence-electron chi connectivity index (χ2n) is 4.31. The van der Waals surface area contributed by atoms with Crippen LogP contribution in [0, 0.1) is 11.3 Å². The Morgan fingerprint density at radius 1 is 1.47 bits per heavy atom. The summed E-state index contributed by atoms with van der Waals surface area (Å²) in [6.45, 7) is 0. The van der Waals surface area contributed by atoms with Crippen LogP contribution in [0.3, 0.4) is 0 Å². The number of anilines is 1. The van der Waals surface area contributed by atoms with Crippen molar-refractivity contribution in [3.63, 3.8) is 0 Å². The molecule has 0 amide bonds. The Hall–Kier alpha value is -0.660. The number of thioether (sulfide) groups is 1. The molecule has 0 radical (unpaired) electrons. The molecule has 1 aliphatic rings. The van der Waals surface area contributed by atoms with Crippen molar-refractivity contribution in [2.45, 2.75) is 30.6 Å². The molecule has 4 heteroatoms. The van der Waals surface area contributed by atoms with E-state index in [1.807, 2.05) is 30.0 Å². The van der Waals surface area contributed by atoms with Crippen molar-refractivity contribution >= 4 is 33.4 Å². The summed E-state index contributed by atoms with van der Waals surface area (Å²) in [5.41, 5.74) is 1.68. The number of hydrogen-bond acceptors (Lipinski definition) is 3. The summed E-state index contributed by atoms with van der Waals surface area (Å²) in [4.78, 5) is 0. The fraction of sp³-hybridized carbons (Fsp3) is 0.462. The topological polar surface area (TPSA) is 35.8 Å². The van der Waals surface area contributed by atoms with Gasteiger partial charge in [-0.25, -0.2) is 0 Å². The summed E-state index contributed by atoms with van der Waals surface area (Å²) in [5, 5.41) is 13.4. The molecule has 0 aliphatic heterocycles. The number of nitrogens with zero attached hydrogens (tertiary/aromatic N) is 1. The van der Waals surface area contributed by atoms with Crippen LogP contribution in [0.25, 0.3) is 0 Å². The predicted molar refractivity (Wildman–Crippen MR) is 77.4 cm³/mol. The molecule has 1 fully saturated rings. The van der Waals surface area contributed by atoms with Gasteiger partial charge in [-0.2, -0.15) is 17.0 Å². The quantitative estimate of drug-likeness (QED) is 0.916. The molecule has 2 rings (SSSR count). The van der Waals surface area contributed by atoms with Crippen molar-refractivity contribution in [2.75, 3.05) is 11.6 Å². The maximum Gasteiger partial charge on any atom is 0.101 e. The van der Waals surface area contributed by atoms with Gasteiger partial charge < -0.3 is 5.32 Å². The second-order valence-corrected chi connectivity index (χ2v) is 6.37. The third-order valence-electron chi connectivity index (χ3n) is 3.18. The van der Waals surface area contributed by atoms with E-state index in [0.29, 0.717) is 11.6 Å². The Balaban J connectivity index is 2.07. The molecule has 2 unspecified atom stereocenters. The van der Waals surface area contributed by atoms with E-state index in [1.165, 1.54) is 19.3 Å². The van der Waals surface area contributed by atoms with Gasteiger partial charge in [-0.1, -0.05) is 15.9 Å². The van der Waals surface area contributed by atoms with Gasteiger partial charge in [0, 0.05) is 15.8 Å². The molecular weight excluding hydrogens is 296 g/mol. The largest absolute Gasteiger partial charge is 0.381 e. The Bertz CT molecular complexity index is 442. The molecule has 0 bridgehead atoms. The lowest BCUT2D eigenvalue weighted by Gasteiger charge is -2.15. The number of halogens is 1. The molecule has 1 aliphatic carbocycles. The van der Waals surface area contributed by atoms with E-state index in [-0.39, 0.29) is 0 Å². The van der Waals surface area contributed by atoms with Crippen molar-refractivity contribution in [1.29, 1.82) is 5.26 Å². The van der Waals surface area contributed by atoms with Gasteiger partial charge in [0.05, 0.1) is 11.3 Å². The zero-order valence-corrected chi connectivity index (χ0v) is 12.1. The average Bonchev–Trinajstić information content (AvgIpc) is 2.79. The normalized spacial score (nSPS) is 23.4. The Kier molecular flexibility index (Phi) is 4.36. The van der Waals surface area contributed by atoms with Gasteiger partial charge in [0.15, 0.2) is 0 Å². The van der Waals surface area contributed by atoms with Gasteiger partial charge in [0.25, 0.3) is 0 Å².